The molecule has 0 saturated heterocycles. The average molecular weight is 232 g/mol. The smallest absolute Gasteiger partial charge is 0.0500 e. The molecule has 0 saturated carbocycles. The van der Waals surface area contributed by atoms with E-state index in [1.807, 2.05) is 0 Å². The fourth-order valence-electron chi connectivity index (χ4n) is 2.26. The van der Waals surface area contributed by atoms with Gasteiger partial charge in [-0.2, -0.15) is 0 Å². The summed E-state index contributed by atoms with van der Waals surface area (Å²) in [6.07, 6.45) is 4.79. The van der Waals surface area contributed by atoms with Gasteiger partial charge in [-0.15, -0.1) is 0 Å². The summed E-state index contributed by atoms with van der Waals surface area (Å²) in [4.78, 5) is 0. The van der Waals surface area contributed by atoms with Crippen LogP contribution in [0, 0.1) is 0 Å². The molecule has 0 nitrogen and oxygen atoms in total. The molecule has 0 aromatic heterocycles. The number of hydrogen-bond acceptors (Lipinski definition) is 0. The van der Waals surface area contributed by atoms with Crippen molar-refractivity contribution >= 4 is 22.0 Å². The van der Waals surface area contributed by atoms with Crippen LogP contribution in [0.4, 0.5) is 0 Å². The summed E-state index contributed by atoms with van der Waals surface area (Å²) < 4.78 is 0. The fraction of sp³-hybridized carbons (Fsp3) is 0.385. The largest absolute Gasteiger partial charge is 0.0794 e. The van der Waals surface area contributed by atoms with Gasteiger partial charge in [0.25, 0.3) is 0 Å². The van der Waals surface area contributed by atoms with E-state index in [1.54, 1.807) is 5.56 Å². The third kappa shape index (κ3) is 1.76. The van der Waals surface area contributed by atoms with Crippen LogP contribution in [0.25, 0.3) is 6.08 Å². The first kappa shape index (κ1) is 10.9. The van der Waals surface area contributed by atoms with E-state index in [0.717, 1.165) is 5.54 Å². The Bertz CT molecular complexity index is 391. The molecule has 1 aromatic carbocycles. The molecule has 15 heavy (non-hydrogen) atoms. The molecule has 2 heteroatoms. The Balaban J connectivity index is 2.40. The number of fused-ring (bicyclic) bond motifs is 1. The summed E-state index contributed by atoms with van der Waals surface area (Å²) in [7, 11) is -1.55. The molecule has 0 radical (unpaired) electrons. The molecule has 1 atom stereocenters. The first-order valence-corrected chi connectivity index (χ1v) is 13.0. The molecule has 0 spiro atoms. The van der Waals surface area contributed by atoms with Gasteiger partial charge in [-0.05, 0) is 16.7 Å². The number of hydrogen-bond donors (Lipinski definition) is 0. The fourth-order valence-corrected chi connectivity index (χ4v) is 7.66. The Morgan fingerprint density at radius 2 is 1.80 bits per heavy atom. The van der Waals surface area contributed by atoms with Crippen LogP contribution in [-0.2, 0) is 0 Å². The first-order valence-electron chi connectivity index (χ1n) is 5.80. The van der Waals surface area contributed by atoms with Crippen molar-refractivity contribution in [2.75, 3.05) is 0 Å². The summed E-state index contributed by atoms with van der Waals surface area (Å²) in [5.74, 6) is 0. The lowest BCUT2D eigenvalue weighted by atomic mass is 10.1. The van der Waals surface area contributed by atoms with Crippen molar-refractivity contribution in [3.05, 3.63) is 41.5 Å². The summed E-state index contributed by atoms with van der Waals surface area (Å²) >= 11 is 0. The Morgan fingerprint density at radius 3 is 2.47 bits per heavy atom. The van der Waals surface area contributed by atoms with E-state index in [1.165, 1.54) is 5.56 Å². The van der Waals surface area contributed by atoms with E-state index in [0.29, 0.717) is 0 Å². The van der Waals surface area contributed by atoms with Crippen molar-refractivity contribution in [2.45, 2.75) is 31.7 Å². The highest BCUT2D eigenvalue weighted by Crippen LogP contribution is 2.37. The van der Waals surface area contributed by atoms with Crippen LogP contribution in [0.3, 0.4) is 0 Å². The molecule has 1 aliphatic rings. The van der Waals surface area contributed by atoms with Crippen LogP contribution in [0.15, 0.2) is 30.3 Å². The molecule has 0 fully saturated rings. The molecule has 0 aliphatic heterocycles. The number of rotatable bonds is 2. The number of allylic oxidation sites excluding steroid dienone is 1. The highest BCUT2D eigenvalue weighted by Gasteiger charge is 2.37. The Morgan fingerprint density at radius 1 is 1.13 bits per heavy atom. The molecule has 1 unspecified atom stereocenters. The third-order valence-electron chi connectivity index (χ3n) is 4.09. The van der Waals surface area contributed by atoms with E-state index in [-0.39, 0.29) is 0 Å². The molecule has 0 bridgehead atoms. The van der Waals surface area contributed by atoms with Gasteiger partial charge in [0, 0.05) is 15.9 Å². The predicted octanol–water partition coefficient (Wildman–Crippen LogP) is 3.61. The van der Waals surface area contributed by atoms with Crippen molar-refractivity contribution in [1.82, 2.24) is 0 Å². The van der Waals surface area contributed by atoms with Gasteiger partial charge in [0.2, 0.25) is 0 Å². The van der Waals surface area contributed by atoms with E-state index in [9.17, 15) is 0 Å². The second kappa shape index (κ2) is 3.76. The average Bonchev–Trinajstić information content (AvgIpc) is 2.61. The van der Waals surface area contributed by atoms with E-state index >= 15 is 0 Å². The lowest BCUT2D eigenvalue weighted by molar-refractivity contribution is 1.18. The van der Waals surface area contributed by atoms with Crippen LogP contribution in [0.2, 0.25) is 26.2 Å². The molecule has 0 amide bonds. The number of benzene rings is 1. The standard InChI is InChI=1S/C13H20Si2/c1-14(2)15(3,4)13-10-9-11-7-5-6-8-12(11)13/h5-10,13-14H,1-4H3. The maximum atomic E-state index is 2.57. The van der Waals surface area contributed by atoms with Gasteiger partial charge in [0.05, 0.1) is 0 Å². The van der Waals surface area contributed by atoms with Crippen molar-refractivity contribution in [3.8, 4) is 0 Å². The van der Waals surface area contributed by atoms with Gasteiger partial charge in [-0.1, -0.05) is 62.6 Å². The van der Waals surface area contributed by atoms with Crippen LogP contribution >= 0.6 is 0 Å². The molecule has 2 rings (SSSR count). The minimum atomic E-state index is -1.05. The second-order valence-electron chi connectivity index (χ2n) is 5.44. The highest BCUT2D eigenvalue weighted by atomic mass is 29.2. The van der Waals surface area contributed by atoms with Gasteiger partial charge >= 0.3 is 0 Å². The van der Waals surface area contributed by atoms with E-state index in [4.69, 9.17) is 0 Å². The molecule has 0 N–H and O–H groups in total. The van der Waals surface area contributed by atoms with Gasteiger partial charge in [-0.3, -0.25) is 0 Å². The normalized spacial score (nSPS) is 19.7. The van der Waals surface area contributed by atoms with Gasteiger partial charge in [0.1, 0.15) is 0 Å². The zero-order chi connectivity index (χ0) is 11.1. The maximum absolute atomic E-state index is 2.57. The molecular formula is C13H20Si2. The Hall–Kier alpha value is -0.606. The van der Waals surface area contributed by atoms with Crippen LogP contribution in [0.1, 0.15) is 16.7 Å². The van der Waals surface area contributed by atoms with E-state index < -0.39 is 15.9 Å². The minimum absolute atomic E-state index is 0.504. The molecular weight excluding hydrogens is 212 g/mol. The summed E-state index contributed by atoms with van der Waals surface area (Å²) in [5.41, 5.74) is 3.83. The zero-order valence-corrected chi connectivity index (χ0v) is 12.3. The van der Waals surface area contributed by atoms with Gasteiger partial charge in [-0.25, -0.2) is 0 Å². The second-order valence-corrected chi connectivity index (χ2v) is 19.9. The van der Waals surface area contributed by atoms with E-state index in [2.05, 4.69) is 62.6 Å². The minimum Gasteiger partial charge on any atom is -0.0794 e. The van der Waals surface area contributed by atoms with Gasteiger partial charge in [0.15, 0.2) is 0 Å². The quantitative estimate of drug-likeness (QED) is 0.683. The van der Waals surface area contributed by atoms with Crippen molar-refractivity contribution in [1.29, 1.82) is 0 Å². The van der Waals surface area contributed by atoms with Crippen LogP contribution in [0.5, 0.6) is 0 Å². The van der Waals surface area contributed by atoms with Crippen molar-refractivity contribution < 1.29 is 0 Å². The van der Waals surface area contributed by atoms with Crippen LogP contribution < -0.4 is 0 Å². The third-order valence-corrected chi connectivity index (χ3v) is 19.2. The topological polar surface area (TPSA) is 0 Å². The summed E-state index contributed by atoms with van der Waals surface area (Å²) in [6.45, 7) is 10.2. The Labute approximate surface area is 95.4 Å². The lowest BCUT2D eigenvalue weighted by Gasteiger charge is -2.32. The maximum Gasteiger partial charge on any atom is 0.0500 e. The lowest BCUT2D eigenvalue weighted by Crippen LogP contribution is -2.46. The summed E-state index contributed by atoms with van der Waals surface area (Å²) in [6, 6.07) is 8.90. The van der Waals surface area contributed by atoms with Gasteiger partial charge < -0.3 is 0 Å². The van der Waals surface area contributed by atoms with Crippen molar-refractivity contribution in [2.24, 2.45) is 0 Å². The SMILES string of the molecule is C[SiH](C)[Si](C)(C)C1C=Cc2ccccc21. The predicted molar refractivity (Wildman–Crippen MR) is 74.6 cm³/mol. The zero-order valence-electron chi connectivity index (χ0n) is 10.1. The van der Waals surface area contributed by atoms with Crippen molar-refractivity contribution in [3.63, 3.8) is 0 Å². The monoisotopic (exact) mass is 232 g/mol. The molecule has 1 aromatic rings. The Kier molecular flexibility index (Phi) is 2.73. The highest BCUT2D eigenvalue weighted by molar-refractivity contribution is 7.32. The molecule has 1 aliphatic carbocycles. The molecule has 80 valence electrons. The molecule has 0 heterocycles. The first-order chi connectivity index (χ1) is 7.03. The summed E-state index contributed by atoms with van der Waals surface area (Å²) in [5, 5.41) is 0. The van der Waals surface area contributed by atoms with Crippen LogP contribution in [-0.4, -0.2) is 15.9 Å².